The molecule has 2 rings (SSSR count). The maximum absolute atomic E-state index is 10.8. The molecule has 1 N–H and O–H groups in total. The van der Waals surface area contributed by atoms with Crippen LogP contribution in [0.15, 0.2) is 27.4 Å². The summed E-state index contributed by atoms with van der Waals surface area (Å²) in [6.07, 6.45) is 0. The van der Waals surface area contributed by atoms with Crippen LogP contribution in [0.25, 0.3) is 10.3 Å². The van der Waals surface area contributed by atoms with Crippen molar-refractivity contribution in [2.24, 2.45) is 0 Å². The Morgan fingerprint density at radius 1 is 1.50 bits per heavy atom. The van der Waals surface area contributed by atoms with E-state index < -0.39 is 0 Å². The highest BCUT2D eigenvalue weighted by molar-refractivity contribution is 7.16. The van der Waals surface area contributed by atoms with E-state index in [-0.39, 0.29) is 11.5 Å². The van der Waals surface area contributed by atoms with E-state index in [2.05, 4.69) is 0 Å². The molecule has 0 unspecified atom stereocenters. The van der Waals surface area contributed by atoms with Crippen LogP contribution in [0, 0.1) is 0 Å². The molecule has 1 heterocycles. The molecule has 0 atom stereocenters. The Kier molecular flexibility index (Phi) is 1.71. The lowest BCUT2D eigenvalue weighted by Gasteiger charge is -1.93. The minimum atomic E-state index is -0.328. The van der Waals surface area contributed by atoms with Gasteiger partial charge in [-0.05, 0) is 11.6 Å². The summed E-state index contributed by atoms with van der Waals surface area (Å²) in [6.45, 7) is -0.0627. The minimum Gasteiger partial charge on any atom is -0.414 e. The lowest BCUT2D eigenvalue weighted by Crippen LogP contribution is -1.80. The first kappa shape index (κ1) is 7.52. The summed E-state index contributed by atoms with van der Waals surface area (Å²) in [6, 6.07) is 5.24. The molecule has 0 aliphatic rings. The highest BCUT2D eigenvalue weighted by Crippen LogP contribution is 2.20. The first-order chi connectivity index (χ1) is 5.81. The van der Waals surface area contributed by atoms with Crippen molar-refractivity contribution in [2.75, 3.05) is 0 Å². The fourth-order valence-corrected chi connectivity index (χ4v) is 1.85. The van der Waals surface area contributed by atoms with Crippen molar-refractivity contribution in [3.8, 4) is 0 Å². The van der Waals surface area contributed by atoms with Gasteiger partial charge < -0.3 is 9.52 Å². The van der Waals surface area contributed by atoms with Crippen LogP contribution < -0.4 is 4.94 Å². The smallest absolute Gasteiger partial charge is 0.396 e. The lowest BCUT2D eigenvalue weighted by atomic mass is 10.2. The number of benzene rings is 1. The SMILES string of the molecule is O=c1oc2cccc(CO)c2s1. The van der Waals surface area contributed by atoms with Gasteiger partial charge in [0, 0.05) is 0 Å². The van der Waals surface area contributed by atoms with Crippen LogP contribution in [0.1, 0.15) is 5.56 Å². The first-order valence-electron chi connectivity index (χ1n) is 3.43. The largest absolute Gasteiger partial charge is 0.414 e. The number of aliphatic hydroxyl groups excluding tert-OH is 1. The summed E-state index contributed by atoms with van der Waals surface area (Å²) in [7, 11) is 0. The molecule has 1 aromatic heterocycles. The molecule has 1 aromatic carbocycles. The van der Waals surface area contributed by atoms with Gasteiger partial charge in [0.2, 0.25) is 0 Å². The predicted molar refractivity (Wildman–Crippen MR) is 46.3 cm³/mol. The second-order valence-corrected chi connectivity index (χ2v) is 3.30. The number of fused-ring (bicyclic) bond motifs is 1. The fraction of sp³-hybridized carbons (Fsp3) is 0.125. The van der Waals surface area contributed by atoms with Crippen LogP contribution >= 0.6 is 11.3 Å². The van der Waals surface area contributed by atoms with Gasteiger partial charge >= 0.3 is 4.94 Å². The summed E-state index contributed by atoms with van der Waals surface area (Å²) < 4.78 is 5.60. The molecule has 0 radical (unpaired) electrons. The first-order valence-corrected chi connectivity index (χ1v) is 4.25. The molecule has 4 heteroatoms. The number of aliphatic hydroxyl groups is 1. The monoisotopic (exact) mass is 182 g/mol. The molecule has 3 nitrogen and oxygen atoms in total. The van der Waals surface area contributed by atoms with Gasteiger partial charge in [0.05, 0.1) is 11.3 Å². The summed E-state index contributed by atoms with van der Waals surface area (Å²) in [4.78, 5) is 10.5. The molecule has 2 aromatic rings. The van der Waals surface area contributed by atoms with E-state index in [0.29, 0.717) is 5.58 Å². The van der Waals surface area contributed by atoms with Crippen molar-refractivity contribution in [1.82, 2.24) is 0 Å². The van der Waals surface area contributed by atoms with E-state index in [1.165, 1.54) is 0 Å². The Hall–Kier alpha value is -1.13. The maximum atomic E-state index is 10.8. The Bertz CT molecular complexity index is 455. The van der Waals surface area contributed by atoms with Crippen LogP contribution in [-0.4, -0.2) is 5.11 Å². The molecule has 0 amide bonds. The van der Waals surface area contributed by atoms with Crippen LogP contribution in [0.3, 0.4) is 0 Å². The lowest BCUT2D eigenvalue weighted by molar-refractivity contribution is 0.283. The van der Waals surface area contributed by atoms with E-state index in [4.69, 9.17) is 9.52 Å². The summed E-state index contributed by atoms with van der Waals surface area (Å²) >= 11 is 1.02. The average Bonchev–Trinajstić information content (AvgIpc) is 2.44. The Morgan fingerprint density at radius 3 is 3.08 bits per heavy atom. The number of hydrogen-bond donors (Lipinski definition) is 1. The molecule has 0 fully saturated rings. The van der Waals surface area contributed by atoms with Gasteiger partial charge in [-0.2, -0.15) is 0 Å². The van der Waals surface area contributed by atoms with Crippen molar-refractivity contribution in [2.45, 2.75) is 6.61 Å². The minimum absolute atomic E-state index is 0.0627. The fourth-order valence-electron chi connectivity index (χ4n) is 1.08. The van der Waals surface area contributed by atoms with Gasteiger partial charge in [0.1, 0.15) is 5.58 Å². The van der Waals surface area contributed by atoms with Crippen LogP contribution in [-0.2, 0) is 6.61 Å². The van der Waals surface area contributed by atoms with Gasteiger partial charge in [-0.15, -0.1) is 0 Å². The van der Waals surface area contributed by atoms with E-state index >= 15 is 0 Å². The van der Waals surface area contributed by atoms with Gasteiger partial charge in [0.25, 0.3) is 0 Å². The van der Waals surface area contributed by atoms with E-state index in [0.717, 1.165) is 21.6 Å². The van der Waals surface area contributed by atoms with Gasteiger partial charge in [0.15, 0.2) is 0 Å². The molecule has 62 valence electrons. The topological polar surface area (TPSA) is 50.4 Å². The predicted octanol–water partition coefficient (Wildman–Crippen LogP) is 1.35. The molecule has 0 saturated carbocycles. The molecule has 0 aliphatic carbocycles. The maximum Gasteiger partial charge on any atom is 0.396 e. The van der Waals surface area contributed by atoms with Gasteiger partial charge in [-0.25, -0.2) is 4.79 Å². The van der Waals surface area contributed by atoms with Crippen molar-refractivity contribution < 1.29 is 9.52 Å². The normalized spacial score (nSPS) is 10.8. The molecule has 0 saturated heterocycles. The Balaban J connectivity index is 2.87. The highest BCUT2D eigenvalue weighted by atomic mass is 32.1. The average molecular weight is 182 g/mol. The zero-order valence-electron chi connectivity index (χ0n) is 6.11. The standard InChI is InChI=1S/C8H6O3S/c9-4-5-2-1-3-6-7(5)12-8(10)11-6/h1-3,9H,4H2. The van der Waals surface area contributed by atoms with Gasteiger partial charge in [-0.3, -0.25) is 0 Å². The van der Waals surface area contributed by atoms with Crippen molar-refractivity contribution >= 4 is 21.6 Å². The van der Waals surface area contributed by atoms with E-state index in [1.54, 1.807) is 18.2 Å². The zero-order chi connectivity index (χ0) is 8.55. The molecular weight excluding hydrogens is 176 g/mol. The molecule has 0 bridgehead atoms. The molecule has 0 aliphatic heterocycles. The highest BCUT2D eigenvalue weighted by Gasteiger charge is 2.04. The summed E-state index contributed by atoms with van der Waals surface area (Å²) in [5, 5.41) is 8.91. The molecule has 0 spiro atoms. The number of hydrogen-bond acceptors (Lipinski definition) is 4. The third-order valence-corrected chi connectivity index (χ3v) is 2.53. The second-order valence-electron chi connectivity index (χ2n) is 2.36. The van der Waals surface area contributed by atoms with Crippen molar-refractivity contribution in [1.29, 1.82) is 0 Å². The third-order valence-electron chi connectivity index (χ3n) is 1.61. The second kappa shape index (κ2) is 2.73. The number of rotatable bonds is 1. The molecular formula is C8H6O3S. The van der Waals surface area contributed by atoms with Crippen molar-refractivity contribution in [3.05, 3.63) is 33.5 Å². The Morgan fingerprint density at radius 2 is 2.33 bits per heavy atom. The molecule has 12 heavy (non-hydrogen) atoms. The summed E-state index contributed by atoms with van der Waals surface area (Å²) in [5.74, 6) is 0. The van der Waals surface area contributed by atoms with E-state index in [9.17, 15) is 4.79 Å². The quantitative estimate of drug-likeness (QED) is 0.724. The van der Waals surface area contributed by atoms with Crippen LogP contribution in [0.4, 0.5) is 0 Å². The van der Waals surface area contributed by atoms with Crippen molar-refractivity contribution in [3.63, 3.8) is 0 Å². The van der Waals surface area contributed by atoms with Gasteiger partial charge in [-0.1, -0.05) is 23.5 Å². The third kappa shape index (κ3) is 1.05. The Labute approximate surface area is 71.9 Å². The zero-order valence-corrected chi connectivity index (χ0v) is 6.93. The van der Waals surface area contributed by atoms with E-state index in [1.807, 2.05) is 0 Å². The van der Waals surface area contributed by atoms with Crippen LogP contribution in [0.5, 0.6) is 0 Å². The van der Waals surface area contributed by atoms with Crippen LogP contribution in [0.2, 0.25) is 0 Å². The summed E-state index contributed by atoms with van der Waals surface area (Å²) in [5.41, 5.74) is 1.29.